The van der Waals surface area contributed by atoms with Crippen LogP contribution in [0.15, 0.2) is 11.1 Å². The van der Waals surface area contributed by atoms with E-state index in [4.69, 9.17) is 14.2 Å². The van der Waals surface area contributed by atoms with Crippen LogP contribution in [0, 0.1) is 28.6 Å². The summed E-state index contributed by atoms with van der Waals surface area (Å²) in [6.45, 7) is 7.67. The molecule has 0 amide bonds. The van der Waals surface area contributed by atoms with E-state index < -0.39 is 40.8 Å². The Bertz CT molecular complexity index is 789. The second kappa shape index (κ2) is 4.93. The summed E-state index contributed by atoms with van der Waals surface area (Å²) >= 11 is 0. The molecule has 4 fully saturated rings. The van der Waals surface area contributed by atoms with E-state index in [2.05, 4.69) is 0 Å². The van der Waals surface area contributed by atoms with E-state index in [1.54, 1.807) is 6.92 Å². The molecule has 2 bridgehead atoms. The van der Waals surface area contributed by atoms with Crippen LogP contribution in [0.2, 0.25) is 0 Å². The first-order valence-corrected chi connectivity index (χ1v) is 9.69. The average molecular weight is 378 g/mol. The summed E-state index contributed by atoms with van der Waals surface area (Å²) in [7, 11) is 0. The van der Waals surface area contributed by atoms with E-state index >= 15 is 0 Å². The molecule has 148 valence electrons. The van der Waals surface area contributed by atoms with Gasteiger partial charge in [-0.15, -0.1) is 0 Å². The van der Waals surface area contributed by atoms with Gasteiger partial charge in [0.05, 0.1) is 6.61 Å². The standard InChI is InChI=1S/C20H26O7/c1-8-9(2)16(23)27-15(8)18(4)6-12-19-7-25-20(24,17(18)19)14(22)10(3)11(19)5-13(21)26-12/h10-12,14-15,17,22,24H,5-7H2,1-4H3/t10-,11+,12-,14-,15-,17-,18-,19-,20+/m1/s1. The number of hydrogen-bond acceptors (Lipinski definition) is 7. The van der Waals surface area contributed by atoms with Gasteiger partial charge < -0.3 is 24.4 Å². The molecule has 0 aromatic carbocycles. The van der Waals surface area contributed by atoms with Crippen LogP contribution in [0.1, 0.15) is 40.5 Å². The lowest BCUT2D eigenvalue weighted by Gasteiger charge is -2.55. The van der Waals surface area contributed by atoms with Crippen LogP contribution in [0.25, 0.3) is 0 Å². The van der Waals surface area contributed by atoms with E-state index in [1.807, 2.05) is 20.8 Å². The number of aliphatic hydroxyl groups is 2. The quantitative estimate of drug-likeness (QED) is 0.654. The van der Waals surface area contributed by atoms with E-state index in [9.17, 15) is 19.8 Å². The molecule has 2 saturated heterocycles. The van der Waals surface area contributed by atoms with Crippen molar-refractivity contribution in [1.29, 1.82) is 0 Å². The molecule has 1 spiro atoms. The van der Waals surface area contributed by atoms with Gasteiger partial charge in [0.15, 0.2) is 5.79 Å². The van der Waals surface area contributed by atoms with Crippen molar-refractivity contribution in [2.75, 3.05) is 6.61 Å². The van der Waals surface area contributed by atoms with Crippen LogP contribution in [-0.4, -0.2) is 52.9 Å². The van der Waals surface area contributed by atoms with Crippen LogP contribution < -0.4 is 0 Å². The summed E-state index contributed by atoms with van der Waals surface area (Å²) in [5.74, 6) is -3.31. The van der Waals surface area contributed by atoms with Crippen molar-refractivity contribution in [3.63, 3.8) is 0 Å². The Morgan fingerprint density at radius 3 is 2.52 bits per heavy atom. The van der Waals surface area contributed by atoms with Crippen LogP contribution >= 0.6 is 0 Å². The Hall–Kier alpha value is -1.44. The van der Waals surface area contributed by atoms with Crippen LogP contribution in [0.4, 0.5) is 0 Å². The SMILES string of the molecule is CC1=C(C)[C@H]([C@@]2(C)C[C@H]3OC(=O)C[C@H]4[C@@H](C)[C@@H](O)[C@]5(O)OC[C@]34[C@@H]25)OC1=O. The second-order valence-electron chi connectivity index (χ2n) is 9.48. The molecule has 7 heteroatoms. The fourth-order valence-corrected chi connectivity index (χ4v) is 7.21. The second-order valence-corrected chi connectivity index (χ2v) is 9.48. The normalized spacial score (nSPS) is 56.2. The third-order valence-electron chi connectivity index (χ3n) is 8.41. The summed E-state index contributed by atoms with van der Waals surface area (Å²) in [5, 5.41) is 22.5. The van der Waals surface area contributed by atoms with Gasteiger partial charge in [0, 0.05) is 28.7 Å². The Kier molecular flexibility index (Phi) is 3.22. The zero-order valence-electron chi connectivity index (χ0n) is 16.0. The first-order valence-electron chi connectivity index (χ1n) is 9.69. The lowest BCUT2D eigenvalue weighted by atomic mass is 9.50. The van der Waals surface area contributed by atoms with E-state index in [0.717, 1.165) is 5.57 Å². The number of rotatable bonds is 1. The van der Waals surface area contributed by atoms with E-state index in [1.165, 1.54) is 0 Å². The molecule has 2 N–H and O–H groups in total. The highest BCUT2D eigenvalue weighted by Gasteiger charge is 2.82. The fraction of sp³-hybridized carbons (Fsp3) is 0.800. The highest BCUT2D eigenvalue weighted by Crippen LogP contribution is 2.74. The minimum Gasteiger partial charge on any atom is -0.462 e. The summed E-state index contributed by atoms with van der Waals surface area (Å²) in [4.78, 5) is 24.5. The molecule has 2 saturated carbocycles. The molecule has 0 aromatic heterocycles. The van der Waals surface area contributed by atoms with Crippen LogP contribution in [0.3, 0.4) is 0 Å². The first kappa shape index (κ1) is 17.6. The lowest BCUT2D eigenvalue weighted by molar-refractivity contribution is -0.299. The summed E-state index contributed by atoms with van der Waals surface area (Å²) < 4.78 is 17.4. The van der Waals surface area contributed by atoms with Gasteiger partial charge in [-0.3, -0.25) is 4.79 Å². The Morgan fingerprint density at radius 2 is 1.89 bits per heavy atom. The maximum atomic E-state index is 12.3. The number of carbonyl (C=O) groups excluding carboxylic acids is 2. The van der Waals surface area contributed by atoms with Gasteiger partial charge in [-0.2, -0.15) is 0 Å². The highest BCUT2D eigenvalue weighted by molar-refractivity contribution is 5.91. The molecule has 0 aromatic rings. The third-order valence-corrected chi connectivity index (χ3v) is 8.41. The highest BCUT2D eigenvalue weighted by atomic mass is 16.7. The van der Waals surface area contributed by atoms with Gasteiger partial charge in [0.1, 0.15) is 18.3 Å². The largest absolute Gasteiger partial charge is 0.462 e. The van der Waals surface area contributed by atoms with Crippen molar-refractivity contribution >= 4 is 11.9 Å². The van der Waals surface area contributed by atoms with Crippen molar-refractivity contribution in [1.82, 2.24) is 0 Å². The van der Waals surface area contributed by atoms with Crippen molar-refractivity contribution < 1.29 is 34.0 Å². The van der Waals surface area contributed by atoms with Crippen molar-refractivity contribution in [2.24, 2.45) is 28.6 Å². The minimum atomic E-state index is -1.74. The van der Waals surface area contributed by atoms with E-state index in [0.29, 0.717) is 12.0 Å². The first-order chi connectivity index (χ1) is 12.6. The zero-order valence-corrected chi connectivity index (χ0v) is 16.0. The van der Waals surface area contributed by atoms with Gasteiger partial charge in [0.25, 0.3) is 0 Å². The molecule has 7 nitrogen and oxygen atoms in total. The predicted molar refractivity (Wildman–Crippen MR) is 91.0 cm³/mol. The van der Waals surface area contributed by atoms with Crippen molar-refractivity contribution in [3.05, 3.63) is 11.1 Å². The predicted octanol–water partition coefficient (Wildman–Crippen LogP) is 0.922. The molecular weight excluding hydrogens is 352 g/mol. The monoisotopic (exact) mass is 378 g/mol. The third kappa shape index (κ3) is 1.75. The minimum absolute atomic E-state index is 0.143. The van der Waals surface area contributed by atoms with Crippen LogP contribution in [-0.2, 0) is 23.8 Å². The molecule has 9 atom stereocenters. The van der Waals surface area contributed by atoms with Gasteiger partial charge in [-0.25, -0.2) is 4.79 Å². The average Bonchev–Trinajstić information content (AvgIpc) is 3.15. The smallest absolute Gasteiger partial charge is 0.334 e. The summed E-state index contributed by atoms with van der Waals surface area (Å²) in [6.07, 6.45) is -1.40. The maximum Gasteiger partial charge on any atom is 0.334 e. The van der Waals surface area contributed by atoms with Crippen LogP contribution in [0.5, 0.6) is 0 Å². The van der Waals surface area contributed by atoms with E-state index in [-0.39, 0.29) is 36.8 Å². The summed E-state index contributed by atoms with van der Waals surface area (Å²) in [6, 6.07) is 0. The molecule has 3 aliphatic heterocycles. The Morgan fingerprint density at radius 1 is 1.19 bits per heavy atom. The van der Waals surface area contributed by atoms with Gasteiger partial charge in [-0.05, 0) is 37.7 Å². The van der Waals surface area contributed by atoms with Crippen molar-refractivity contribution in [3.8, 4) is 0 Å². The fourth-order valence-electron chi connectivity index (χ4n) is 7.21. The number of aliphatic hydroxyl groups excluding tert-OH is 1. The number of carbonyl (C=O) groups is 2. The van der Waals surface area contributed by atoms with Crippen molar-refractivity contribution in [2.45, 2.75) is 64.6 Å². The molecule has 0 unspecified atom stereocenters. The molecule has 2 aliphatic carbocycles. The van der Waals surface area contributed by atoms with Gasteiger partial charge in [-0.1, -0.05) is 13.8 Å². The number of cyclic esters (lactones) is 1. The molecule has 27 heavy (non-hydrogen) atoms. The Labute approximate surface area is 157 Å². The molecule has 5 rings (SSSR count). The molecule has 3 heterocycles. The maximum absolute atomic E-state index is 12.3. The molecular formula is C20H26O7. The van der Waals surface area contributed by atoms with Gasteiger partial charge in [0.2, 0.25) is 0 Å². The number of ether oxygens (including phenoxy) is 3. The lowest BCUT2D eigenvalue weighted by Crippen LogP contribution is -2.66. The Balaban J connectivity index is 1.70. The summed E-state index contributed by atoms with van der Waals surface area (Å²) in [5.41, 5.74) is 0.125. The van der Waals surface area contributed by atoms with Gasteiger partial charge >= 0.3 is 11.9 Å². The topological polar surface area (TPSA) is 102 Å². The molecule has 0 radical (unpaired) electrons. The number of hydrogen-bond donors (Lipinski definition) is 2. The number of esters is 2. The molecule has 5 aliphatic rings. The zero-order chi connectivity index (χ0) is 19.5.